The number of aryl methyl sites for hydroxylation is 3. The molecule has 3 atom stereocenters. The van der Waals surface area contributed by atoms with E-state index in [1.807, 2.05) is 0 Å². The van der Waals surface area contributed by atoms with Gasteiger partial charge in [0.25, 0.3) is 0 Å². The summed E-state index contributed by atoms with van der Waals surface area (Å²) in [4.78, 5) is 0. The highest BCUT2D eigenvalue weighted by Gasteiger charge is 2.43. The molecule has 0 unspecified atom stereocenters. The number of allylic oxidation sites excluding steroid dienone is 1. The predicted octanol–water partition coefficient (Wildman–Crippen LogP) is 8.28. The Hall–Kier alpha value is -1.04. The van der Waals surface area contributed by atoms with Crippen LogP contribution in [0.25, 0.3) is 0 Å². The summed E-state index contributed by atoms with van der Waals surface area (Å²) in [7, 11) is 0. The summed E-state index contributed by atoms with van der Waals surface area (Å²) in [5.41, 5.74) is 8.27. The van der Waals surface area contributed by atoms with Crippen molar-refractivity contribution in [2.75, 3.05) is 0 Å². The van der Waals surface area contributed by atoms with Crippen LogP contribution in [0.3, 0.4) is 0 Å². The van der Waals surface area contributed by atoms with E-state index >= 15 is 0 Å². The summed E-state index contributed by atoms with van der Waals surface area (Å²) >= 11 is 0. The lowest BCUT2D eigenvalue weighted by atomic mass is 9.56. The molecule has 0 saturated heterocycles. The Balaban J connectivity index is 2.53. The lowest BCUT2D eigenvalue weighted by Gasteiger charge is -2.48. The van der Waals surface area contributed by atoms with Crippen molar-refractivity contribution in [3.63, 3.8) is 0 Å². The molecule has 27 heavy (non-hydrogen) atoms. The molecule has 0 nitrogen and oxygen atoms in total. The second-order valence-corrected chi connectivity index (χ2v) is 9.79. The predicted molar refractivity (Wildman–Crippen MR) is 122 cm³/mol. The van der Waals surface area contributed by atoms with Crippen molar-refractivity contribution < 1.29 is 0 Å². The number of hydrogen-bond donors (Lipinski definition) is 0. The van der Waals surface area contributed by atoms with E-state index in [1.54, 1.807) is 22.3 Å². The normalized spacial score (nSPS) is 24.8. The van der Waals surface area contributed by atoms with Crippen molar-refractivity contribution in [1.29, 1.82) is 0 Å². The molecule has 1 aliphatic rings. The van der Waals surface area contributed by atoms with Gasteiger partial charge < -0.3 is 0 Å². The molecule has 1 aliphatic carbocycles. The maximum absolute atomic E-state index is 4.42. The lowest BCUT2D eigenvalue weighted by molar-refractivity contribution is 0.0959. The second-order valence-electron chi connectivity index (χ2n) is 9.79. The van der Waals surface area contributed by atoms with Crippen LogP contribution in [0.1, 0.15) is 109 Å². The van der Waals surface area contributed by atoms with Crippen molar-refractivity contribution in [3.8, 4) is 0 Å². The minimum atomic E-state index is 0.409. The minimum absolute atomic E-state index is 0.409. The first kappa shape index (κ1) is 22.3. The molecular weight excluding hydrogens is 324 g/mol. The highest BCUT2D eigenvalue weighted by molar-refractivity contribution is 5.44. The van der Waals surface area contributed by atoms with E-state index < -0.39 is 0 Å². The van der Waals surface area contributed by atoms with Gasteiger partial charge in [0.15, 0.2) is 0 Å². The van der Waals surface area contributed by atoms with Crippen LogP contribution in [0.5, 0.6) is 0 Å². The summed E-state index contributed by atoms with van der Waals surface area (Å²) in [5, 5.41) is 0. The van der Waals surface area contributed by atoms with Gasteiger partial charge in [-0.05, 0) is 90.9 Å². The first-order valence-electron chi connectivity index (χ1n) is 11.6. The van der Waals surface area contributed by atoms with E-state index in [-0.39, 0.29) is 0 Å². The molecule has 0 radical (unpaired) electrons. The van der Waals surface area contributed by atoms with E-state index in [4.69, 9.17) is 0 Å². The van der Waals surface area contributed by atoms with Gasteiger partial charge in [-0.25, -0.2) is 0 Å². The van der Waals surface area contributed by atoms with Crippen LogP contribution in [-0.2, 0) is 19.3 Å². The number of hydrogen-bond acceptors (Lipinski definition) is 0. The maximum Gasteiger partial charge on any atom is -0.00603 e. The molecule has 0 aromatic heterocycles. The molecule has 152 valence electrons. The van der Waals surface area contributed by atoms with Crippen LogP contribution in [0.4, 0.5) is 0 Å². The van der Waals surface area contributed by atoms with Gasteiger partial charge in [-0.15, -0.1) is 0 Å². The summed E-state index contributed by atoms with van der Waals surface area (Å²) in [5.74, 6) is 1.95. The quantitative estimate of drug-likeness (QED) is 0.320. The third-order valence-electron chi connectivity index (χ3n) is 7.51. The first-order chi connectivity index (χ1) is 12.8. The van der Waals surface area contributed by atoms with Crippen molar-refractivity contribution in [1.82, 2.24) is 0 Å². The summed E-state index contributed by atoms with van der Waals surface area (Å²) in [6.45, 7) is 21.1. The highest BCUT2D eigenvalue weighted by Crippen LogP contribution is 2.54. The van der Waals surface area contributed by atoms with Crippen LogP contribution in [0.2, 0.25) is 0 Å². The minimum Gasteiger partial charge on any atom is -0.0998 e. The Morgan fingerprint density at radius 3 is 2.15 bits per heavy atom. The molecule has 0 aliphatic heterocycles. The number of unbranched alkanes of at least 4 members (excludes halogenated alkanes) is 2. The van der Waals surface area contributed by atoms with Gasteiger partial charge in [0.1, 0.15) is 0 Å². The summed E-state index contributed by atoms with van der Waals surface area (Å²) < 4.78 is 0. The third kappa shape index (κ3) is 4.87. The van der Waals surface area contributed by atoms with Gasteiger partial charge in [-0.2, -0.15) is 0 Å². The van der Waals surface area contributed by atoms with Gasteiger partial charge in [0.2, 0.25) is 0 Å². The average molecular weight is 369 g/mol. The highest BCUT2D eigenvalue weighted by atomic mass is 14.5. The van der Waals surface area contributed by atoms with Crippen molar-refractivity contribution in [3.05, 3.63) is 46.5 Å². The van der Waals surface area contributed by atoms with Gasteiger partial charge in [0, 0.05) is 0 Å². The zero-order chi connectivity index (χ0) is 20.2. The largest absolute Gasteiger partial charge is 0.0998 e. The van der Waals surface area contributed by atoms with Gasteiger partial charge >= 0.3 is 0 Å². The maximum atomic E-state index is 4.42. The van der Waals surface area contributed by atoms with Crippen LogP contribution in [0, 0.1) is 17.3 Å². The Kier molecular flexibility index (Phi) is 7.78. The molecule has 1 saturated carbocycles. The molecule has 1 fully saturated rings. The Bertz CT molecular complexity index is 608. The van der Waals surface area contributed by atoms with Gasteiger partial charge in [-0.1, -0.05) is 78.7 Å². The molecule has 0 bridgehead atoms. The van der Waals surface area contributed by atoms with E-state index in [9.17, 15) is 0 Å². The molecule has 0 N–H and O–H groups in total. The Labute approximate surface area is 169 Å². The monoisotopic (exact) mass is 368 g/mol. The van der Waals surface area contributed by atoms with E-state index in [0.29, 0.717) is 23.2 Å². The lowest BCUT2D eigenvalue weighted by Crippen LogP contribution is -2.38. The molecule has 0 spiro atoms. The van der Waals surface area contributed by atoms with E-state index in [0.717, 1.165) is 12.8 Å². The zero-order valence-electron chi connectivity index (χ0n) is 19.3. The second kappa shape index (κ2) is 9.44. The van der Waals surface area contributed by atoms with Crippen LogP contribution >= 0.6 is 0 Å². The molecule has 0 heteroatoms. The topological polar surface area (TPSA) is 0 Å². The van der Waals surface area contributed by atoms with Gasteiger partial charge in [0.05, 0.1) is 0 Å². The fourth-order valence-corrected chi connectivity index (χ4v) is 5.36. The van der Waals surface area contributed by atoms with Crippen LogP contribution < -0.4 is 0 Å². The number of benzene rings is 1. The van der Waals surface area contributed by atoms with Crippen molar-refractivity contribution in [2.24, 2.45) is 17.3 Å². The van der Waals surface area contributed by atoms with Crippen LogP contribution in [0.15, 0.2) is 24.3 Å². The van der Waals surface area contributed by atoms with Gasteiger partial charge in [-0.3, -0.25) is 0 Å². The smallest absolute Gasteiger partial charge is 0.00603 e. The zero-order valence-corrected chi connectivity index (χ0v) is 19.3. The standard InChI is InChI=1S/C27H44/c1-9-12-13-14-21-17-22(10-2)26(23(11-3)18-21)25-20(6)27(7,8)16-15-24(25)19(4)5/h17-18,20,24-25H,4,9-16H2,1-3,5-8H3/t20-,24+,25-/m1/s1. The molecule has 0 amide bonds. The molecule has 1 aromatic carbocycles. The molecule has 2 rings (SSSR count). The summed E-state index contributed by atoms with van der Waals surface area (Å²) in [6.07, 6.45) is 10.1. The van der Waals surface area contributed by atoms with E-state index in [1.165, 1.54) is 44.1 Å². The molecule has 1 aromatic rings. The van der Waals surface area contributed by atoms with E-state index in [2.05, 4.69) is 67.2 Å². The molecular formula is C27H44. The van der Waals surface area contributed by atoms with Crippen molar-refractivity contribution >= 4 is 0 Å². The fourth-order valence-electron chi connectivity index (χ4n) is 5.36. The SMILES string of the molecule is C=C(C)[C@@H]1CCC(C)(C)[C@H](C)[C@H]1c1c(CC)cc(CCCCC)cc1CC. The van der Waals surface area contributed by atoms with Crippen molar-refractivity contribution in [2.45, 2.75) is 106 Å². The Morgan fingerprint density at radius 2 is 1.67 bits per heavy atom. The van der Waals surface area contributed by atoms with Crippen LogP contribution in [-0.4, -0.2) is 0 Å². The Morgan fingerprint density at radius 1 is 1.07 bits per heavy atom. The fraction of sp³-hybridized carbons (Fsp3) is 0.704. The summed E-state index contributed by atoms with van der Waals surface area (Å²) in [6, 6.07) is 5.10. The first-order valence-corrected chi connectivity index (χ1v) is 11.6. The average Bonchev–Trinajstić information content (AvgIpc) is 2.63. The third-order valence-corrected chi connectivity index (χ3v) is 7.51. The molecule has 0 heterocycles. The number of rotatable bonds is 8.